The molecule has 0 spiro atoms. The number of carbonyl (C=O) groups is 2. The lowest BCUT2D eigenvalue weighted by atomic mass is 10.0. The highest BCUT2D eigenvalue weighted by Crippen LogP contribution is 2.31. The molecule has 1 unspecified atom stereocenters. The van der Waals surface area contributed by atoms with E-state index in [9.17, 15) is 32.5 Å². The first-order chi connectivity index (χ1) is 15.7. The number of hydrogen-bond acceptors (Lipinski definition) is 7. The molecule has 4 rings (SSSR count). The lowest BCUT2D eigenvalue weighted by molar-refractivity contribution is -0.387. The van der Waals surface area contributed by atoms with Crippen molar-refractivity contribution in [2.45, 2.75) is 29.5 Å². The predicted molar refractivity (Wildman–Crippen MR) is 118 cm³/mol. The third-order valence-electron chi connectivity index (χ3n) is 5.80. The molecule has 2 aromatic rings. The Morgan fingerprint density at radius 2 is 1.97 bits per heavy atom. The normalized spacial score (nSPS) is 19.8. The number of hydrogen-bond donors (Lipinski definition) is 1. The topological polar surface area (TPSA) is 130 Å². The zero-order chi connectivity index (χ0) is 23.8. The zero-order valence-electron chi connectivity index (χ0n) is 17.3. The minimum Gasteiger partial charge on any atom is -0.342 e. The maximum absolute atomic E-state index is 13.6. The maximum Gasteiger partial charge on any atom is 0.306 e. The minimum atomic E-state index is -3.59. The number of piperidine rings is 1. The first-order valence-corrected chi connectivity index (χ1v) is 12.6. The summed E-state index contributed by atoms with van der Waals surface area (Å²) in [5.74, 6) is -2.21. The Labute approximate surface area is 193 Å². The molecular weight excluding hydrogens is 475 g/mol. The highest BCUT2D eigenvalue weighted by molar-refractivity contribution is 7.91. The van der Waals surface area contributed by atoms with Gasteiger partial charge in [-0.2, -0.15) is 4.39 Å². The van der Waals surface area contributed by atoms with Gasteiger partial charge in [-0.3, -0.25) is 19.7 Å². The predicted octanol–water partition coefficient (Wildman–Crippen LogP) is 2.12. The minimum absolute atomic E-state index is 0.0467. The third kappa shape index (κ3) is 4.89. The maximum atomic E-state index is 13.6. The molecule has 0 radical (unpaired) electrons. The summed E-state index contributed by atoms with van der Waals surface area (Å²) in [6, 6.07) is 6.10. The van der Waals surface area contributed by atoms with E-state index < -0.39 is 32.4 Å². The molecule has 1 aromatic carbocycles. The van der Waals surface area contributed by atoms with Gasteiger partial charge in [0.25, 0.3) is 0 Å². The van der Waals surface area contributed by atoms with Crippen LogP contribution in [0.1, 0.15) is 19.3 Å². The van der Waals surface area contributed by atoms with E-state index in [1.165, 1.54) is 17.0 Å². The van der Waals surface area contributed by atoms with Crippen LogP contribution < -0.4 is 9.62 Å². The van der Waals surface area contributed by atoms with Crippen LogP contribution >= 0.6 is 11.3 Å². The van der Waals surface area contributed by atoms with Crippen molar-refractivity contribution in [2.75, 3.05) is 24.5 Å². The number of nitrogens with one attached hydrogen (secondary N) is 1. The Kier molecular flexibility index (Phi) is 6.45. The first kappa shape index (κ1) is 23.3. The van der Waals surface area contributed by atoms with Crippen LogP contribution in [0.5, 0.6) is 0 Å². The lowest BCUT2D eigenvalue weighted by Gasteiger charge is -2.33. The van der Waals surface area contributed by atoms with Crippen molar-refractivity contribution in [1.82, 2.24) is 9.62 Å². The van der Waals surface area contributed by atoms with Gasteiger partial charge in [-0.15, -0.1) is 11.3 Å². The van der Waals surface area contributed by atoms with Gasteiger partial charge in [-0.05, 0) is 36.4 Å². The Bertz CT molecular complexity index is 1180. The Morgan fingerprint density at radius 1 is 1.24 bits per heavy atom. The van der Waals surface area contributed by atoms with E-state index in [1.807, 2.05) is 0 Å². The van der Waals surface area contributed by atoms with Crippen LogP contribution in [-0.4, -0.2) is 55.7 Å². The molecule has 2 amide bonds. The van der Waals surface area contributed by atoms with Crippen LogP contribution in [0, 0.1) is 21.8 Å². The second kappa shape index (κ2) is 9.15. The van der Waals surface area contributed by atoms with Crippen molar-refractivity contribution in [1.29, 1.82) is 0 Å². The fourth-order valence-corrected chi connectivity index (χ4v) is 6.42. The van der Waals surface area contributed by atoms with Gasteiger partial charge in [-0.25, -0.2) is 13.1 Å². The van der Waals surface area contributed by atoms with Crippen molar-refractivity contribution in [3.8, 4) is 0 Å². The summed E-state index contributed by atoms with van der Waals surface area (Å²) in [5.41, 5.74) is -0.563. The summed E-state index contributed by atoms with van der Waals surface area (Å²) in [7, 11) is -3.59. The molecule has 0 saturated carbocycles. The van der Waals surface area contributed by atoms with Gasteiger partial charge in [0.2, 0.25) is 27.7 Å². The number of rotatable bonds is 6. The number of sulfonamides is 1. The number of nitrogens with zero attached hydrogens (tertiary/aromatic N) is 3. The van der Waals surface area contributed by atoms with Crippen LogP contribution in [0.3, 0.4) is 0 Å². The molecule has 13 heteroatoms. The molecule has 1 N–H and O–H groups in total. The second-order valence-electron chi connectivity index (χ2n) is 7.95. The van der Waals surface area contributed by atoms with Gasteiger partial charge in [0.15, 0.2) is 0 Å². The van der Waals surface area contributed by atoms with Crippen molar-refractivity contribution in [2.24, 2.45) is 5.92 Å². The summed E-state index contributed by atoms with van der Waals surface area (Å²) >= 11 is 1.13. The van der Waals surface area contributed by atoms with Crippen LogP contribution in [0.15, 0.2) is 39.9 Å². The van der Waals surface area contributed by atoms with Crippen LogP contribution in [0.25, 0.3) is 0 Å². The molecular formula is C20H21FN4O6S2. The van der Waals surface area contributed by atoms with Crippen LogP contribution in [0.4, 0.5) is 15.8 Å². The van der Waals surface area contributed by atoms with Gasteiger partial charge < -0.3 is 9.80 Å². The molecule has 3 heterocycles. The fourth-order valence-electron chi connectivity index (χ4n) is 4.10. The van der Waals surface area contributed by atoms with Crippen LogP contribution in [0.2, 0.25) is 0 Å². The third-order valence-corrected chi connectivity index (χ3v) is 8.72. The van der Waals surface area contributed by atoms with Crippen molar-refractivity contribution < 1.29 is 27.3 Å². The molecule has 176 valence electrons. The van der Waals surface area contributed by atoms with E-state index in [4.69, 9.17) is 0 Å². The zero-order valence-corrected chi connectivity index (χ0v) is 19.0. The van der Waals surface area contributed by atoms with E-state index in [1.54, 1.807) is 16.3 Å². The van der Waals surface area contributed by atoms with Gasteiger partial charge in [0.05, 0.1) is 16.5 Å². The molecule has 10 nitrogen and oxygen atoms in total. The van der Waals surface area contributed by atoms with Gasteiger partial charge in [-0.1, -0.05) is 6.07 Å². The number of nitro groups is 1. The van der Waals surface area contributed by atoms with E-state index in [-0.39, 0.29) is 40.7 Å². The quantitative estimate of drug-likeness (QED) is 0.482. The van der Waals surface area contributed by atoms with Crippen molar-refractivity contribution in [3.05, 3.63) is 51.6 Å². The van der Waals surface area contributed by atoms with Gasteiger partial charge in [0, 0.05) is 38.2 Å². The Morgan fingerprint density at radius 3 is 2.61 bits per heavy atom. The summed E-state index contributed by atoms with van der Waals surface area (Å²) in [5, 5.41) is 12.7. The smallest absolute Gasteiger partial charge is 0.306 e. The van der Waals surface area contributed by atoms with Crippen molar-refractivity contribution >= 4 is 44.5 Å². The summed E-state index contributed by atoms with van der Waals surface area (Å²) < 4.78 is 41.3. The van der Waals surface area contributed by atoms with E-state index in [0.29, 0.717) is 25.9 Å². The van der Waals surface area contributed by atoms with E-state index in [2.05, 4.69) is 4.72 Å². The number of amides is 2. The second-order valence-corrected chi connectivity index (χ2v) is 10.8. The number of likely N-dealkylation sites (tertiary alicyclic amines) is 1. The number of anilines is 1. The fraction of sp³-hybridized carbons (Fsp3) is 0.400. The molecule has 1 atom stereocenters. The Balaban J connectivity index is 1.36. The number of halogens is 1. The average molecular weight is 497 g/mol. The SMILES string of the molecule is O=C(C1CC(=O)N(c2ccc(F)c([N+](=O)[O-])c2)C1)N1CCC(NS(=O)(=O)c2cccs2)CC1. The number of carbonyl (C=O) groups excluding carboxylic acids is 2. The van der Waals surface area contributed by atoms with E-state index >= 15 is 0 Å². The molecule has 2 aliphatic heterocycles. The standard InChI is InChI=1S/C20H21FN4O6S2/c21-16-4-3-15(11-17(16)25(28)29)24-12-13(10-18(24)26)20(27)23-7-5-14(6-8-23)22-33(30,31)19-2-1-9-32-19/h1-4,9,11,13-14,22H,5-8,10,12H2. The average Bonchev–Trinajstić information content (AvgIpc) is 3.44. The molecule has 2 aliphatic rings. The molecule has 1 aromatic heterocycles. The summed E-state index contributed by atoms with van der Waals surface area (Å²) in [6.07, 6.45) is 0.852. The largest absolute Gasteiger partial charge is 0.342 e. The molecule has 2 saturated heterocycles. The molecule has 2 fully saturated rings. The van der Waals surface area contributed by atoms with E-state index in [0.717, 1.165) is 23.5 Å². The first-order valence-electron chi connectivity index (χ1n) is 10.2. The number of nitro benzene ring substituents is 1. The highest BCUT2D eigenvalue weighted by atomic mass is 32.2. The molecule has 0 bridgehead atoms. The lowest BCUT2D eigenvalue weighted by Crippen LogP contribution is -2.48. The summed E-state index contributed by atoms with van der Waals surface area (Å²) in [4.78, 5) is 38.5. The number of thiophene rings is 1. The monoisotopic (exact) mass is 496 g/mol. The number of benzene rings is 1. The Hall–Kier alpha value is -2.90. The van der Waals surface area contributed by atoms with Crippen molar-refractivity contribution in [3.63, 3.8) is 0 Å². The van der Waals surface area contributed by atoms with Gasteiger partial charge >= 0.3 is 5.69 Å². The van der Waals surface area contributed by atoms with Gasteiger partial charge in [0.1, 0.15) is 4.21 Å². The highest BCUT2D eigenvalue weighted by Gasteiger charge is 2.39. The van der Waals surface area contributed by atoms with Crippen LogP contribution in [-0.2, 0) is 19.6 Å². The summed E-state index contributed by atoms with van der Waals surface area (Å²) in [6.45, 7) is 0.748. The molecule has 33 heavy (non-hydrogen) atoms. The molecule has 0 aliphatic carbocycles.